The minimum atomic E-state index is -0.185. The summed E-state index contributed by atoms with van der Waals surface area (Å²) in [5.41, 5.74) is 1.79. The van der Waals surface area contributed by atoms with Crippen molar-refractivity contribution in [2.45, 2.75) is 18.9 Å². The predicted octanol–water partition coefficient (Wildman–Crippen LogP) is 3.96. The topological polar surface area (TPSA) is 49.4 Å². The van der Waals surface area contributed by atoms with E-state index in [2.05, 4.69) is 5.32 Å². The number of nitrogens with one attached hydrogen (secondary N) is 1. The molecule has 0 radical (unpaired) electrons. The van der Waals surface area contributed by atoms with Gasteiger partial charge in [-0.2, -0.15) is 0 Å². The van der Waals surface area contributed by atoms with Gasteiger partial charge in [-0.05, 0) is 40.6 Å². The fourth-order valence-corrected chi connectivity index (χ4v) is 3.70. The molecular weight excluding hydrogens is 360 g/mol. The summed E-state index contributed by atoms with van der Waals surface area (Å²) in [5, 5.41) is 5.84. The Balaban J connectivity index is 1.43. The molecule has 1 N–H and O–H groups in total. The van der Waals surface area contributed by atoms with Gasteiger partial charge >= 0.3 is 0 Å². The van der Waals surface area contributed by atoms with E-state index < -0.39 is 0 Å². The first-order chi connectivity index (χ1) is 13.1. The second-order valence-electron chi connectivity index (χ2n) is 6.76. The van der Waals surface area contributed by atoms with Crippen LogP contribution in [0.1, 0.15) is 12.0 Å². The van der Waals surface area contributed by atoms with Crippen molar-refractivity contribution >= 4 is 39.9 Å². The first-order valence-corrected chi connectivity index (χ1v) is 9.30. The molecule has 3 aromatic carbocycles. The van der Waals surface area contributed by atoms with Crippen molar-refractivity contribution in [1.82, 2.24) is 5.32 Å². The van der Waals surface area contributed by atoms with E-state index in [1.807, 2.05) is 54.6 Å². The number of carbonyl (C=O) groups is 2. The van der Waals surface area contributed by atoms with Gasteiger partial charge in [0.05, 0.1) is 12.5 Å². The molecule has 1 aliphatic heterocycles. The van der Waals surface area contributed by atoms with Crippen LogP contribution in [0, 0.1) is 0 Å². The molecule has 5 heteroatoms. The molecule has 1 atom stereocenters. The van der Waals surface area contributed by atoms with E-state index in [1.54, 1.807) is 17.0 Å². The predicted molar refractivity (Wildman–Crippen MR) is 108 cm³/mol. The Morgan fingerprint density at radius 2 is 1.78 bits per heavy atom. The maximum Gasteiger partial charge on any atom is 0.229 e. The lowest BCUT2D eigenvalue weighted by Gasteiger charge is -2.17. The highest BCUT2D eigenvalue weighted by atomic mass is 35.5. The van der Waals surface area contributed by atoms with Gasteiger partial charge in [0.15, 0.2) is 0 Å². The number of rotatable bonds is 4. The second-order valence-corrected chi connectivity index (χ2v) is 7.20. The van der Waals surface area contributed by atoms with Gasteiger partial charge in [-0.3, -0.25) is 9.59 Å². The number of benzene rings is 3. The van der Waals surface area contributed by atoms with Crippen LogP contribution in [-0.4, -0.2) is 24.4 Å². The molecular formula is C22H19ClN2O2. The van der Waals surface area contributed by atoms with Gasteiger partial charge in [-0.25, -0.2) is 0 Å². The Hall–Kier alpha value is -2.85. The zero-order valence-corrected chi connectivity index (χ0v) is 15.4. The van der Waals surface area contributed by atoms with Crippen LogP contribution in [0.4, 0.5) is 5.69 Å². The van der Waals surface area contributed by atoms with E-state index in [-0.39, 0.29) is 17.9 Å². The summed E-state index contributed by atoms with van der Waals surface area (Å²) in [4.78, 5) is 26.6. The lowest BCUT2D eigenvalue weighted by molar-refractivity contribution is -0.121. The van der Waals surface area contributed by atoms with E-state index in [0.717, 1.165) is 22.0 Å². The van der Waals surface area contributed by atoms with Crippen molar-refractivity contribution in [2.75, 3.05) is 11.4 Å². The average molecular weight is 379 g/mol. The molecule has 0 unspecified atom stereocenters. The molecule has 2 amide bonds. The van der Waals surface area contributed by atoms with E-state index in [0.29, 0.717) is 24.4 Å². The Labute approximate surface area is 162 Å². The lowest BCUT2D eigenvalue weighted by atomic mass is 10.0. The first-order valence-electron chi connectivity index (χ1n) is 8.92. The summed E-state index contributed by atoms with van der Waals surface area (Å²) in [6, 6.07) is 21.0. The van der Waals surface area contributed by atoms with Crippen LogP contribution in [0.3, 0.4) is 0 Å². The minimum Gasteiger partial charge on any atom is -0.351 e. The summed E-state index contributed by atoms with van der Waals surface area (Å²) in [7, 11) is 0. The van der Waals surface area contributed by atoms with Crippen molar-refractivity contribution in [2.24, 2.45) is 0 Å². The van der Waals surface area contributed by atoms with E-state index >= 15 is 0 Å². The third-order valence-electron chi connectivity index (χ3n) is 4.86. The maximum absolute atomic E-state index is 12.5. The Kier molecular flexibility index (Phi) is 4.82. The number of hydrogen-bond donors (Lipinski definition) is 1. The lowest BCUT2D eigenvalue weighted by Crippen LogP contribution is -2.38. The molecule has 136 valence electrons. The summed E-state index contributed by atoms with van der Waals surface area (Å²) in [6.45, 7) is 0.474. The van der Waals surface area contributed by atoms with E-state index in [1.165, 1.54) is 0 Å². The van der Waals surface area contributed by atoms with Crippen LogP contribution in [0.25, 0.3) is 10.8 Å². The highest BCUT2D eigenvalue weighted by molar-refractivity contribution is 6.30. The van der Waals surface area contributed by atoms with E-state index in [4.69, 9.17) is 11.6 Å². The normalized spacial score (nSPS) is 16.7. The highest BCUT2D eigenvalue weighted by Gasteiger charge is 2.31. The fourth-order valence-electron chi connectivity index (χ4n) is 3.57. The average Bonchev–Trinajstić information content (AvgIpc) is 3.02. The Bertz CT molecular complexity index is 995. The quantitative estimate of drug-likeness (QED) is 0.747. The highest BCUT2D eigenvalue weighted by Crippen LogP contribution is 2.24. The van der Waals surface area contributed by atoms with Crippen LogP contribution in [-0.2, 0) is 16.0 Å². The molecule has 1 saturated heterocycles. The van der Waals surface area contributed by atoms with Crippen molar-refractivity contribution in [3.05, 3.63) is 77.3 Å². The second kappa shape index (κ2) is 7.41. The summed E-state index contributed by atoms with van der Waals surface area (Å²) in [5.74, 6) is -0.0603. The monoisotopic (exact) mass is 378 g/mol. The van der Waals surface area contributed by atoms with Gasteiger partial charge in [0, 0.05) is 23.7 Å². The molecule has 1 fully saturated rings. The summed E-state index contributed by atoms with van der Waals surface area (Å²) < 4.78 is 0. The molecule has 27 heavy (non-hydrogen) atoms. The smallest absolute Gasteiger partial charge is 0.229 e. The van der Waals surface area contributed by atoms with Crippen LogP contribution in [0.2, 0.25) is 5.02 Å². The summed E-state index contributed by atoms with van der Waals surface area (Å²) >= 11 is 5.91. The van der Waals surface area contributed by atoms with Gasteiger partial charge < -0.3 is 10.2 Å². The molecule has 1 heterocycles. The molecule has 0 aromatic heterocycles. The molecule has 3 aromatic rings. The van der Waals surface area contributed by atoms with Gasteiger partial charge in [0.1, 0.15) is 0 Å². The van der Waals surface area contributed by atoms with Gasteiger partial charge in [-0.15, -0.1) is 0 Å². The first kappa shape index (κ1) is 17.6. The van der Waals surface area contributed by atoms with Crippen LogP contribution >= 0.6 is 11.6 Å². The number of nitrogens with zero attached hydrogens (tertiary/aromatic N) is 1. The number of carbonyl (C=O) groups excluding carboxylic acids is 2. The largest absolute Gasteiger partial charge is 0.351 e. The van der Waals surface area contributed by atoms with Crippen molar-refractivity contribution in [1.29, 1.82) is 0 Å². The zero-order valence-electron chi connectivity index (χ0n) is 14.7. The molecule has 4 rings (SSSR count). The Morgan fingerprint density at radius 3 is 2.59 bits per heavy atom. The standard InChI is InChI=1S/C22H19ClN2O2/c23-17-8-10-19(11-9-17)25-14-18(13-22(25)27)24-21(26)12-16-6-3-5-15-4-1-2-7-20(15)16/h1-11,18H,12-14H2,(H,24,26)/t18-/m1/s1. The maximum atomic E-state index is 12.5. The summed E-state index contributed by atoms with van der Waals surface area (Å²) in [6.07, 6.45) is 0.608. The molecule has 0 saturated carbocycles. The van der Waals surface area contributed by atoms with Crippen molar-refractivity contribution < 1.29 is 9.59 Å². The number of fused-ring (bicyclic) bond motifs is 1. The minimum absolute atomic E-state index is 0.00721. The molecule has 0 aliphatic carbocycles. The van der Waals surface area contributed by atoms with Crippen molar-refractivity contribution in [3.63, 3.8) is 0 Å². The van der Waals surface area contributed by atoms with Gasteiger partial charge in [0.2, 0.25) is 11.8 Å². The number of amides is 2. The van der Waals surface area contributed by atoms with Crippen LogP contribution in [0.15, 0.2) is 66.7 Å². The number of hydrogen-bond acceptors (Lipinski definition) is 2. The molecule has 0 spiro atoms. The molecule has 4 nitrogen and oxygen atoms in total. The number of anilines is 1. The van der Waals surface area contributed by atoms with Crippen molar-refractivity contribution in [3.8, 4) is 0 Å². The molecule has 1 aliphatic rings. The van der Waals surface area contributed by atoms with Crippen LogP contribution < -0.4 is 10.2 Å². The SMILES string of the molecule is O=C(Cc1cccc2ccccc12)N[C@@H]1CC(=O)N(c2ccc(Cl)cc2)C1. The van der Waals surface area contributed by atoms with Gasteiger partial charge in [0.25, 0.3) is 0 Å². The van der Waals surface area contributed by atoms with Crippen LogP contribution in [0.5, 0.6) is 0 Å². The zero-order chi connectivity index (χ0) is 18.8. The fraction of sp³-hybridized carbons (Fsp3) is 0.182. The third kappa shape index (κ3) is 3.81. The Morgan fingerprint density at radius 1 is 1.04 bits per heavy atom. The van der Waals surface area contributed by atoms with Gasteiger partial charge in [-0.1, -0.05) is 54.1 Å². The van der Waals surface area contributed by atoms with E-state index in [9.17, 15) is 9.59 Å². The third-order valence-corrected chi connectivity index (χ3v) is 5.11. The molecule has 0 bridgehead atoms. The number of halogens is 1.